The molecule has 4 nitrogen and oxygen atoms in total. The van der Waals surface area contributed by atoms with Gasteiger partial charge >= 0.3 is 0 Å². The Morgan fingerprint density at radius 3 is 2.33 bits per heavy atom. The predicted octanol–water partition coefficient (Wildman–Crippen LogP) is 4.39. The Bertz CT molecular complexity index is 890. The van der Waals surface area contributed by atoms with Crippen LogP contribution in [-0.4, -0.2) is 11.8 Å². The van der Waals surface area contributed by atoms with Crippen molar-refractivity contribution in [3.63, 3.8) is 0 Å². The number of anilines is 2. The first-order valence-corrected chi connectivity index (χ1v) is 8.03. The molecule has 122 valence electrons. The molecule has 0 fully saturated rings. The van der Waals surface area contributed by atoms with Gasteiger partial charge in [0.25, 0.3) is 11.8 Å². The van der Waals surface area contributed by atoms with Gasteiger partial charge in [0.05, 0.1) is 5.69 Å². The second-order valence-electron chi connectivity index (χ2n) is 5.46. The SMILES string of the molecule is Cc1ccccc1N1C(=O)C(Cl)=C(Nc2cccc(Cl)c2C)C1=O. The van der Waals surface area contributed by atoms with Crippen LogP contribution in [0.25, 0.3) is 0 Å². The molecule has 1 aliphatic heterocycles. The van der Waals surface area contributed by atoms with Crippen LogP contribution in [0.15, 0.2) is 53.2 Å². The molecule has 0 radical (unpaired) electrons. The van der Waals surface area contributed by atoms with Crippen molar-refractivity contribution in [1.29, 1.82) is 0 Å². The first kappa shape index (κ1) is 16.6. The Labute approximate surface area is 149 Å². The molecule has 1 N–H and O–H groups in total. The van der Waals surface area contributed by atoms with E-state index in [9.17, 15) is 9.59 Å². The molecule has 2 aromatic rings. The number of hydrogen-bond acceptors (Lipinski definition) is 3. The molecule has 1 heterocycles. The van der Waals surface area contributed by atoms with Gasteiger partial charge in [0.2, 0.25) is 0 Å². The lowest BCUT2D eigenvalue weighted by atomic mass is 10.2. The average molecular weight is 361 g/mol. The van der Waals surface area contributed by atoms with Crippen molar-refractivity contribution in [3.05, 3.63) is 69.3 Å². The average Bonchev–Trinajstić information content (AvgIpc) is 2.76. The summed E-state index contributed by atoms with van der Waals surface area (Å²) in [4.78, 5) is 26.3. The maximum atomic E-state index is 12.7. The molecule has 0 saturated carbocycles. The normalized spacial score (nSPS) is 14.6. The molecule has 6 heteroatoms. The topological polar surface area (TPSA) is 49.4 Å². The van der Waals surface area contributed by atoms with E-state index < -0.39 is 11.8 Å². The Morgan fingerprint density at radius 1 is 0.917 bits per heavy atom. The molecular formula is C18H14Cl2N2O2. The van der Waals surface area contributed by atoms with Crippen molar-refractivity contribution in [2.75, 3.05) is 10.2 Å². The zero-order valence-corrected chi connectivity index (χ0v) is 14.6. The summed E-state index contributed by atoms with van der Waals surface area (Å²) in [5.74, 6) is -1.03. The number of hydrogen-bond donors (Lipinski definition) is 1. The van der Waals surface area contributed by atoms with E-state index in [1.54, 1.807) is 30.3 Å². The fraction of sp³-hybridized carbons (Fsp3) is 0.111. The number of amides is 2. The lowest BCUT2D eigenvalue weighted by Gasteiger charge is -2.17. The van der Waals surface area contributed by atoms with Gasteiger partial charge in [-0.05, 0) is 43.2 Å². The van der Waals surface area contributed by atoms with Crippen molar-refractivity contribution >= 4 is 46.4 Å². The number of nitrogens with one attached hydrogen (secondary N) is 1. The number of halogens is 2. The molecule has 0 aliphatic carbocycles. The lowest BCUT2D eigenvalue weighted by molar-refractivity contribution is -0.120. The summed E-state index contributed by atoms with van der Waals surface area (Å²) >= 11 is 12.2. The van der Waals surface area contributed by atoms with Gasteiger partial charge in [-0.2, -0.15) is 0 Å². The third kappa shape index (κ3) is 2.68. The fourth-order valence-corrected chi connectivity index (χ4v) is 2.91. The van der Waals surface area contributed by atoms with Crippen LogP contribution in [-0.2, 0) is 9.59 Å². The van der Waals surface area contributed by atoms with Crippen LogP contribution in [0.4, 0.5) is 11.4 Å². The van der Waals surface area contributed by atoms with Crippen LogP contribution in [0.1, 0.15) is 11.1 Å². The van der Waals surface area contributed by atoms with E-state index in [1.165, 1.54) is 0 Å². The van der Waals surface area contributed by atoms with Crippen molar-refractivity contribution in [2.24, 2.45) is 0 Å². The summed E-state index contributed by atoms with van der Waals surface area (Å²) in [5, 5.41) is 3.37. The minimum Gasteiger partial charge on any atom is -0.349 e. The van der Waals surface area contributed by atoms with E-state index >= 15 is 0 Å². The van der Waals surface area contributed by atoms with Gasteiger partial charge in [-0.3, -0.25) is 9.59 Å². The zero-order valence-electron chi connectivity index (χ0n) is 13.1. The quantitative estimate of drug-likeness (QED) is 0.825. The molecule has 0 atom stereocenters. The Balaban J connectivity index is 1.98. The number of imide groups is 1. The highest BCUT2D eigenvalue weighted by Crippen LogP contribution is 2.33. The smallest absolute Gasteiger partial charge is 0.283 e. The Hall–Kier alpha value is -2.30. The van der Waals surface area contributed by atoms with Crippen molar-refractivity contribution in [3.8, 4) is 0 Å². The summed E-state index contributed by atoms with van der Waals surface area (Å²) in [5.41, 5.74) is 2.78. The minimum atomic E-state index is -0.543. The highest BCUT2D eigenvalue weighted by molar-refractivity contribution is 6.53. The van der Waals surface area contributed by atoms with Crippen LogP contribution in [0.5, 0.6) is 0 Å². The standard InChI is InChI=1S/C18H14Cl2N2O2/c1-10-6-3-4-9-14(10)22-17(23)15(20)16(18(22)24)21-13-8-5-7-12(19)11(13)2/h3-9,21H,1-2H3. The molecule has 0 aromatic heterocycles. The number of aryl methyl sites for hydroxylation is 1. The van der Waals surface area contributed by atoms with Crippen LogP contribution >= 0.6 is 23.2 Å². The predicted molar refractivity (Wildman–Crippen MR) is 96.4 cm³/mol. The monoisotopic (exact) mass is 360 g/mol. The van der Waals surface area contributed by atoms with Gasteiger partial charge in [0.1, 0.15) is 10.7 Å². The van der Waals surface area contributed by atoms with Crippen LogP contribution < -0.4 is 10.2 Å². The number of carbonyl (C=O) groups is 2. The van der Waals surface area contributed by atoms with Gasteiger partial charge < -0.3 is 5.32 Å². The molecular weight excluding hydrogens is 347 g/mol. The lowest BCUT2D eigenvalue weighted by Crippen LogP contribution is -2.32. The number of rotatable bonds is 3. The Kier molecular flexibility index (Phi) is 4.35. The summed E-state index contributed by atoms with van der Waals surface area (Å²) in [7, 11) is 0. The molecule has 2 amide bonds. The Morgan fingerprint density at radius 2 is 1.62 bits per heavy atom. The van der Waals surface area contributed by atoms with E-state index in [4.69, 9.17) is 23.2 Å². The van der Waals surface area contributed by atoms with Gasteiger partial charge in [-0.25, -0.2) is 4.90 Å². The van der Waals surface area contributed by atoms with E-state index in [0.29, 0.717) is 16.4 Å². The molecule has 24 heavy (non-hydrogen) atoms. The molecule has 3 rings (SSSR count). The van der Waals surface area contributed by atoms with Crippen molar-refractivity contribution in [1.82, 2.24) is 0 Å². The van der Waals surface area contributed by atoms with Gasteiger partial charge in [-0.15, -0.1) is 0 Å². The second kappa shape index (κ2) is 6.30. The first-order valence-electron chi connectivity index (χ1n) is 7.28. The summed E-state index contributed by atoms with van der Waals surface area (Å²) in [6.45, 7) is 3.65. The number of benzene rings is 2. The molecule has 0 bridgehead atoms. The zero-order chi connectivity index (χ0) is 17.4. The molecule has 1 aliphatic rings. The van der Waals surface area contributed by atoms with E-state index in [2.05, 4.69) is 5.32 Å². The number of carbonyl (C=O) groups excluding carboxylic acids is 2. The third-order valence-corrected chi connectivity index (χ3v) is 4.67. The van der Waals surface area contributed by atoms with Crippen LogP contribution in [0.2, 0.25) is 5.02 Å². The van der Waals surface area contributed by atoms with Crippen molar-refractivity contribution < 1.29 is 9.59 Å². The van der Waals surface area contributed by atoms with Gasteiger partial charge in [0.15, 0.2) is 0 Å². The summed E-state index contributed by atoms with van der Waals surface area (Å²) in [6.07, 6.45) is 0. The van der Waals surface area contributed by atoms with E-state index in [-0.39, 0.29) is 10.7 Å². The molecule has 0 saturated heterocycles. The molecule has 0 spiro atoms. The molecule has 2 aromatic carbocycles. The third-order valence-electron chi connectivity index (χ3n) is 3.91. The van der Waals surface area contributed by atoms with Gasteiger partial charge in [-0.1, -0.05) is 47.5 Å². The summed E-state index contributed by atoms with van der Waals surface area (Å²) in [6, 6.07) is 12.4. The number of para-hydroxylation sites is 1. The highest BCUT2D eigenvalue weighted by atomic mass is 35.5. The van der Waals surface area contributed by atoms with Crippen LogP contribution in [0.3, 0.4) is 0 Å². The van der Waals surface area contributed by atoms with E-state index in [1.807, 2.05) is 26.0 Å². The van der Waals surface area contributed by atoms with Crippen LogP contribution in [0, 0.1) is 13.8 Å². The first-order chi connectivity index (χ1) is 11.4. The maximum absolute atomic E-state index is 12.7. The number of nitrogens with zero attached hydrogens (tertiary/aromatic N) is 1. The van der Waals surface area contributed by atoms with Crippen molar-refractivity contribution in [2.45, 2.75) is 13.8 Å². The van der Waals surface area contributed by atoms with E-state index in [0.717, 1.165) is 16.0 Å². The van der Waals surface area contributed by atoms with Gasteiger partial charge in [0, 0.05) is 10.7 Å². The fourth-order valence-electron chi connectivity index (χ4n) is 2.52. The highest BCUT2D eigenvalue weighted by Gasteiger charge is 2.39. The summed E-state index contributed by atoms with van der Waals surface area (Å²) < 4.78 is 0. The largest absolute Gasteiger partial charge is 0.349 e. The maximum Gasteiger partial charge on any atom is 0.283 e. The minimum absolute atomic E-state index is 0.0512. The second-order valence-corrected chi connectivity index (χ2v) is 6.24. The molecule has 0 unspecified atom stereocenters.